The number of thiophene rings is 1. The number of rotatable bonds is 3. The lowest BCUT2D eigenvalue weighted by atomic mass is 10.1. The molecule has 0 unspecified atom stereocenters. The molecule has 0 saturated heterocycles. The zero-order valence-corrected chi connectivity index (χ0v) is 12.9. The summed E-state index contributed by atoms with van der Waals surface area (Å²) >= 11 is 1.69. The van der Waals surface area contributed by atoms with E-state index >= 15 is 0 Å². The van der Waals surface area contributed by atoms with Crippen LogP contribution in [0.15, 0.2) is 35.7 Å². The summed E-state index contributed by atoms with van der Waals surface area (Å²) < 4.78 is 2.70. The van der Waals surface area contributed by atoms with Gasteiger partial charge in [-0.05, 0) is 34.5 Å². The van der Waals surface area contributed by atoms with Crippen molar-refractivity contribution in [1.82, 2.24) is 14.7 Å². The van der Waals surface area contributed by atoms with E-state index in [1.54, 1.807) is 16.2 Å². The predicted octanol–water partition coefficient (Wildman–Crippen LogP) is 2.45. The molecule has 0 atom stereocenters. The van der Waals surface area contributed by atoms with Crippen molar-refractivity contribution in [1.29, 1.82) is 0 Å². The van der Waals surface area contributed by atoms with Gasteiger partial charge < -0.3 is 10.0 Å². The summed E-state index contributed by atoms with van der Waals surface area (Å²) in [4.78, 5) is 25.3. The molecule has 116 valence electrons. The van der Waals surface area contributed by atoms with Crippen LogP contribution in [0.25, 0.3) is 10.1 Å². The van der Waals surface area contributed by atoms with Gasteiger partial charge in [0.05, 0.1) is 6.54 Å². The van der Waals surface area contributed by atoms with E-state index in [-0.39, 0.29) is 11.6 Å². The molecule has 0 aliphatic carbocycles. The highest BCUT2D eigenvalue weighted by molar-refractivity contribution is 7.17. The maximum Gasteiger partial charge on any atom is 0.356 e. The van der Waals surface area contributed by atoms with Crippen LogP contribution in [0.4, 0.5) is 0 Å². The number of aromatic carboxylic acids is 1. The van der Waals surface area contributed by atoms with Gasteiger partial charge in [0.2, 0.25) is 0 Å². The van der Waals surface area contributed by atoms with E-state index in [1.807, 2.05) is 11.4 Å². The van der Waals surface area contributed by atoms with E-state index < -0.39 is 5.97 Å². The topological polar surface area (TPSA) is 75.4 Å². The number of carboxylic acid groups (broad SMARTS) is 1. The molecule has 0 bridgehead atoms. The number of aromatic nitrogens is 2. The van der Waals surface area contributed by atoms with Gasteiger partial charge >= 0.3 is 5.97 Å². The smallest absolute Gasteiger partial charge is 0.356 e. The fourth-order valence-corrected chi connectivity index (χ4v) is 3.60. The molecule has 1 aliphatic rings. The summed E-state index contributed by atoms with van der Waals surface area (Å²) in [6, 6.07) is 9.60. The Kier molecular flexibility index (Phi) is 3.16. The molecule has 1 aliphatic heterocycles. The Balaban J connectivity index is 1.60. The number of amides is 1. The first kappa shape index (κ1) is 14.0. The van der Waals surface area contributed by atoms with E-state index in [0.29, 0.717) is 25.3 Å². The zero-order chi connectivity index (χ0) is 16.0. The first-order valence-corrected chi connectivity index (χ1v) is 8.06. The molecule has 3 aromatic rings. The molecule has 6 nitrogen and oxygen atoms in total. The molecule has 0 fully saturated rings. The molecule has 0 saturated carbocycles. The van der Waals surface area contributed by atoms with Crippen LogP contribution in [-0.4, -0.2) is 38.2 Å². The van der Waals surface area contributed by atoms with Crippen molar-refractivity contribution in [3.63, 3.8) is 0 Å². The average Bonchev–Trinajstić information content (AvgIpc) is 3.16. The zero-order valence-electron chi connectivity index (χ0n) is 12.1. The molecular weight excluding hydrogens is 314 g/mol. The highest BCUT2D eigenvalue weighted by atomic mass is 32.1. The second-order valence-electron chi connectivity index (χ2n) is 5.46. The Morgan fingerprint density at radius 2 is 2.13 bits per heavy atom. The van der Waals surface area contributed by atoms with Crippen molar-refractivity contribution in [2.75, 3.05) is 6.54 Å². The maximum absolute atomic E-state index is 12.5. The van der Waals surface area contributed by atoms with Gasteiger partial charge in [-0.15, -0.1) is 11.3 Å². The number of hydrogen-bond acceptors (Lipinski definition) is 4. The normalized spacial score (nSPS) is 14.3. The average molecular weight is 327 g/mol. The van der Waals surface area contributed by atoms with Gasteiger partial charge in [-0.2, -0.15) is 5.10 Å². The van der Waals surface area contributed by atoms with Gasteiger partial charge in [-0.25, -0.2) is 4.79 Å². The quantitative estimate of drug-likeness (QED) is 0.802. The SMILES string of the molecule is O=C(O)c1cc2n(n1)CCN(Cc1ccc3sccc3c1)C2=O. The van der Waals surface area contributed by atoms with Crippen LogP contribution >= 0.6 is 11.3 Å². The van der Waals surface area contributed by atoms with Crippen molar-refractivity contribution in [2.45, 2.75) is 13.1 Å². The molecular formula is C16H13N3O3S. The van der Waals surface area contributed by atoms with E-state index in [1.165, 1.54) is 20.8 Å². The number of hydrogen-bond donors (Lipinski definition) is 1. The summed E-state index contributed by atoms with van der Waals surface area (Å²) in [5, 5.41) is 16.2. The number of nitrogens with zero attached hydrogens (tertiary/aromatic N) is 3. The van der Waals surface area contributed by atoms with E-state index in [9.17, 15) is 9.59 Å². The Bertz CT molecular complexity index is 928. The molecule has 4 rings (SSSR count). The molecule has 0 radical (unpaired) electrons. The molecule has 1 amide bonds. The van der Waals surface area contributed by atoms with E-state index in [2.05, 4.69) is 23.3 Å². The number of fused-ring (bicyclic) bond motifs is 2. The minimum Gasteiger partial charge on any atom is -0.476 e. The first-order chi connectivity index (χ1) is 11.1. The summed E-state index contributed by atoms with van der Waals surface area (Å²) in [5.74, 6) is -1.30. The van der Waals surface area contributed by atoms with Crippen molar-refractivity contribution >= 4 is 33.3 Å². The third kappa shape index (κ3) is 2.39. The molecule has 0 spiro atoms. The van der Waals surface area contributed by atoms with Crippen LogP contribution in [-0.2, 0) is 13.1 Å². The number of carboxylic acids is 1. The van der Waals surface area contributed by atoms with Crippen LogP contribution in [0, 0.1) is 0 Å². The van der Waals surface area contributed by atoms with Gasteiger partial charge in [-0.3, -0.25) is 9.48 Å². The lowest BCUT2D eigenvalue weighted by Gasteiger charge is -2.27. The Hall–Kier alpha value is -2.67. The fourth-order valence-electron chi connectivity index (χ4n) is 2.83. The predicted molar refractivity (Wildman–Crippen MR) is 85.8 cm³/mol. The highest BCUT2D eigenvalue weighted by Gasteiger charge is 2.27. The van der Waals surface area contributed by atoms with Gasteiger partial charge in [0, 0.05) is 23.9 Å². The monoisotopic (exact) mass is 327 g/mol. The Labute approximate surface area is 135 Å². The second kappa shape index (κ2) is 5.20. The number of carbonyl (C=O) groups excluding carboxylic acids is 1. The summed E-state index contributed by atoms with van der Waals surface area (Å²) in [6.45, 7) is 1.54. The Morgan fingerprint density at radius 1 is 1.26 bits per heavy atom. The van der Waals surface area contributed by atoms with E-state index in [0.717, 1.165) is 5.56 Å². The van der Waals surface area contributed by atoms with Crippen molar-refractivity contribution in [3.8, 4) is 0 Å². The maximum atomic E-state index is 12.5. The molecule has 3 heterocycles. The van der Waals surface area contributed by atoms with Gasteiger partial charge in [0.25, 0.3) is 5.91 Å². The lowest BCUT2D eigenvalue weighted by Crippen LogP contribution is -2.39. The summed E-state index contributed by atoms with van der Waals surface area (Å²) in [7, 11) is 0. The molecule has 2 aromatic heterocycles. The van der Waals surface area contributed by atoms with Crippen molar-refractivity contribution in [3.05, 3.63) is 52.7 Å². The van der Waals surface area contributed by atoms with Crippen molar-refractivity contribution < 1.29 is 14.7 Å². The largest absolute Gasteiger partial charge is 0.476 e. The lowest BCUT2D eigenvalue weighted by molar-refractivity contribution is 0.0671. The van der Waals surface area contributed by atoms with Crippen molar-refractivity contribution in [2.24, 2.45) is 0 Å². The first-order valence-electron chi connectivity index (χ1n) is 7.18. The number of carbonyl (C=O) groups is 2. The third-order valence-corrected chi connectivity index (χ3v) is 4.88. The standard InChI is InChI=1S/C16H13N3O3S/c20-15-13-8-12(16(21)22)17-19(13)5-4-18(15)9-10-1-2-14-11(7-10)3-6-23-14/h1-3,6-8H,4-5,9H2,(H,21,22). The minimum absolute atomic E-state index is 0.0881. The molecule has 1 N–H and O–H groups in total. The minimum atomic E-state index is -1.12. The molecule has 1 aromatic carbocycles. The van der Waals surface area contributed by atoms with Crippen LogP contribution in [0.1, 0.15) is 26.5 Å². The van der Waals surface area contributed by atoms with Crippen LogP contribution in [0.5, 0.6) is 0 Å². The van der Waals surface area contributed by atoms with Gasteiger partial charge in [0.15, 0.2) is 5.69 Å². The summed E-state index contributed by atoms with van der Waals surface area (Å²) in [6.07, 6.45) is 0. The third-order valence-electron chi connectivity index (χ3n) is 3.98. The van der Waals surface area contributed by atoms with Crippen LogP contribution < -0.4 is 0 Å². The number of benzene rings is 1. The molecule has 23 heavy (non-hydrogen) atoms. The van der Waals surface area contributed by atoms with Crippen LogP contribution in [0.2, 0.25) is 0 Å². The fraction of sp³-hybridized carbons (Fsp3) is 0.188. The highest BCUT2D eigenvalue weighted by Crippen LogP contribution is 2.23. The van der Waals surface area contributed by atoms with Gasteiger partial charge in [0.1, 0.15) is 5.69 Å². The van der Waals surface area contributed by atoms with E-state index in [4.69, 9.17) is 5.11 Å². The summed E-state index contributed by atoms with van der Waals surface area (Å²) in [5.41, 5.74) is 1.32. The Morgan fingerprint density at radius 3 is 2.96 bits per heavy atom. The second-order valence-corrected chi connectivity index (χ2v) is 6.41. The van der Waals surface area contributed by atoms with Gasteiger partial charge in [-0.1, -0.05) is 6.07 Å². The van der Waals surface area contributed by atoms with Crippen LogP contribution in [0.3, 0.4) is 0 Å². The molecule has 7 heteroatoms.